The van der Waals surface area contributed by atoms with Gasteiger partial charge in [-0.2, -0.15) is 8.42 Å². The fourth-order valence-corrected chi connectivity index (χ4v) is 1.54. The molecular formula is C8H12N2O3S. The van der Waals surface area contributed by atoms with Crippen LogP contribution in [0.3, 0.4) is 0 Å². The number of nitrogens with one attached hydrogen (secondary N) is 2. The van der Waals surface area contributed by atoms with Gasteiger partial charge in [-0.1, -0.05) is 18.2 Å². The summed E-state index contributed by atoms with van der Waals surface area (Å²) in [7, 11) is -2.21. The summed E-state index contributed by atoms with van der Waals surface area (Å²) in [5, 5.41) is 8.93. The number of hydrogen-bond donors (Lipinski definition) is 3. The van der Waals surface area contributed by atoms with Gasteiger partial charge < -0.3 is 5.11 Å². The Hall–Kier alpha value is -1.11. The molecule has 0 heterocycles. The van der Waals surface area contributed by atoms with Gasteiger partial charge in [0.15, 0.2) is 0 Å². The largest absolute Gasteiger partial charge is 0.392 e. The first-order chi connectivity index (χ1) is 6.59. The molecule has 0 aliphatic heterocycles. The molecule has 0 spiro atoms. The van der Waals surface area contributed by atoms with Crippen molar-refractivity contribution in [3.8, 4) is 0 Å². The summed E-state index contributed by atoms with van der Waals surface area (Å²) < 4.78 is 26.7. The number of para-hydroxylation sites is 1. The molecule has 0 saturated heterocycles. The summed E-state index contributed by atoms with van der Waals surface area (Å²) in [4.78, 5) is 0. The summed E-state index contributed by atoms with van der Waals surface area (Å²) in [5.74, 6) is 0. The highest BCUT2D eigenvalue weighted by Gasteiger charge is 2.08. The average molecular weight is 216 g/mol. The van der Waals surface area contributed by atoms with Crippen LogP contribution in [0.15, 0.2) is 24.3 Å². The van der Waals surface area contributed by atoms with Crippen LogP contribution in [0.5, 0.6) is 0 Å². The van der Waals surface area contributed by atoms with Gasteiger partial charge in [0, 0.05) is 12.6 Å². The normalized spacial score (nSPS) is 11.3. The van der Waals surface area contributed by atoms with Gasteiger partial charge in [0.25, 0.3) is 10.2 Å². The maximum Gasteiger partial charge on any atom is 0.298 e. The summed E-state index contributed by atoms with van der Waals surface area (Å²) in [5.41, 5.74) is 0.913. The minimum absolute atomic E-state index is 0.206. The van der Waals surface area contributed by atoms with Gasteiger partial charge in [0.05, 0.1) is 12.3 Å². The summed E-state index contributed by atoms with van der Waals surface area (Å²) >= 11 is 0. The molecular weight excluding hydrogens is 204 g/mol. The zero-order valence-electron chi connectivity index (χ0n) is 7.69. The Kier molecular flexibility index (Phi) is 3.45. The van der Waals surface area contributed by atoms with Crippen LogP contribution in [0.4, 0.5) is 5.69 Å². The van der Waals surface area contributed by atoms with Crippen molar-refractivity contribution in [2.24, 2.45) is 0 Å². The fraction of sp³-hybridized carbons (Fsp3) is 0.250. The van der Waals surface area contributed by atoms with Gasteiger partial charge >= 0.3 is 0 Å². The number of anilines is 1. The third-order valence-electron chi connectivity index (χ3n) is 1.70. The Balaban J connectivity index is 2.97. The van der Waals surface area contributed by atoms with E-state index in [1.807, 2.05) is 0 Å². The molecule has 0 unspecified atom stereocenters. The van der Waals surface area contributed by atoms with E-state index < -0.39 is 10.2 Å². The monoisotopic (exact) mass is 216 g/mol. The van der Waals surface area contributed by atoms with Crippen molar-refractivity contribution in [3.63, 3.8) is 0 Å². The van der Waals surface area contributed by atoms with Crippen molar-refractivity contribution in [3.05, 3.63) is 29.8 Å². The lowest BCUT2D eigenvalue weighted by Crippen LogP contribution is -2.26. The van der Waals surface area contributed by atoms with E-state index in [0.29, 0.717) is 11.3 Å². The van der Waals surface area contributed by atoms with Gasteiger partial charge in [0.2, 0.25) is 0 Å². The molecule has 0 atom stereocenters. The van der Waals surface area contributed by atoms with Gasteiger partial charge in [-0.05, 0) is 6.07 Å². The molecule has 5 nitrogen and oxygen atoms in total. The zero-order chi connectivity index (χ0) is 10.6. The van der Waals surface area contributed by atoms with Crippen LogP contribution >= 0.6 is 0 Å². The van der Waals surface area contributed by atoms with Crippen LogP contribution in [0.1, 0.15) is 5.56 Å². The van der Waals surface area contributed by atoms with Gasteiger partial charge in [-0.15, -0.1) is 0 Å². The molecule has 0 bridgehead atoms. The van der Waals surface area contributed by atoms with Gasteiger partial charge in [-0.25, -0.2) is 4.72 Å². The van der Waals surface area contributed by atoms with E-state index in [9.17, 15) is 8.42 Å². The topological polar surface area (TPSA) is 78.4 Å². The first kappa shape index (κ1) is 11.0. The molecule has 0 saturated carbocycles. The molecule has 3 N–H and O–H groups in total. The van der Waals surface area contributed by atoms with Crippen LogP contribution in [0, 0.1) is 0 Å². The van der Waals surface area contributed by atoms with Crippen molar-refractivity contribution < 1.29 is 13.5 Å². The molecule has 0 aliphatic rings. The molecule has 78 valence electrons. The molecule has 0 aromatic heterocycles. The van der Waals surface area contributed by atoms with E-state index in [1.54, 1.807) is 24.3 Å². The second kappa shape index (κ2) is 4.41. The Morgan fingerprint density at radius 3 is 2.57 bits per heavy atom. The molecule has 14 heavy (non-hydrogen) atoms. The van der Waals surface area contributed by atoms with Crippen molar-refractivity contribution >= 4 is 15.9 Å². The Labute approximate surface area is 83.0 Å². The molecule has 0 aliphatic carbocycles. The van der Waals surface area contributed by atoms with Gasteiger partial charge in [-0.3, -0.25) is 4.72 Å². The smallest absolute Gasteiger partial charge is 0.298 e. The maximum absolute atomic E-state index is 11.1. The highest BCUT2D eigenvalue weighted by molar-refractivity contribution is 7.90. The number of aliphatic hydroxyl groups is 1. The van der Waals surface area contributed by atoms with E-state index in [4.69, 9.17) is 5.11 Å². The van der Waals surface area contributed by atoms with Crippen molar-refractivity contribution in [2.45, 2.75) is 6.61 Å². The fourth-order valence-electron chi connectivity index (χ4n) is 0.954. The molecule has 6 heteroatoms. The van der Waals surface area contributed by atoms with E-state index in [-0.39, 0.29) is 6.61 Å². The lowest BCUT2D eigenvalue weighted by Gasteiger charge is -2.09. The summed E-state index contributed by atoms with van der Waals surface area (Å²) in [6.07, 6.45) is 0. The van der Waals surface area contributed by atoms with Crippen LogP contribution < -0.4 is 9.44 Å². The van der Waals surface area contributed by atoms with E-state index in [0.717, 1.165) is 0 Å². The average Bonchev–Trinajstić information content (AvgIpc) is 2.18. The van der Waals surface area contributed by atoms with E-state index >= 15 is 0 Å². The molecule has 0 radical (unpaired) electrons. The quantitative estimate of drug-likeness (QED) is 0.665. The maximum atomic E-state index is 11.1. The minimum Gasteiger partial charge on any atom is -0.392 e. The number of hydrogen-bond acceptors (Lipinski definition) is 3. The van der Waals surface area contributed by atoms with E-state index in [2.05, 4.69) is 9.44 Å². The predicted octanol–water partition coefficient (Wildman–Crippen LogP) is 0.0550. The Morgan fingerprint density at radius 2 is 2.00 bits per heavy atom. The first-order valence-electron chi connectivity index (χ1n) is 3.99. The summed E-state index contributed by atoms with van der Waals surface area (Å²) in [6.45, 7) is -0.206. The molecule has 1 aromatic carbocycles. The standard InChI is InChI=1S/C8H12N2O3S/c1-9-14(12,13)10-8-5-3-2-4-7(8)6-11/h2-5,9-11H,6H2,1H3. The number of benzene rings is 1. The number of rotatable bonds is 4. The third-order valence-corrected chi connectivity index (χ3v) is 2.73. The summed E-state index contributed by atoms with van der Waals surface area (Å²) in [6, 6.07) is 6.64. The predicted molar refractivity (Wildman–Crippen MR) is 54.0 cm³/mol. The lowest BCUT2D eigenvalue weighted by molar-refractivity contribution is 0.282. The highest BCUT2D eigenvalue weighted by atomic mass is 32.2. The zero-order valence-corrected chi connectivity index (χ0v) is 8.50. The molecule has 0 fully saturated rings. The van der Waals surface area contributed by atoms with Crippen LogP contribution in [-0.2, 0) is 16.8 Å². The molecule has 0 amide bonds. The van der Waals surface area contributed by atoms with Crippen molar-refractivity contribution in [2.75, 3.05) is 11.8 Å². The SMILES string of the molecule is CNS(=O)(=O)Nc1ccccc1CO. The second-order valence-corrected chi connectivity index (χ2v) is 4.24. The highest BCUT2D eigenvalue weighted by Crippen LogP contribution is 2.15. The van der Waals surface area contributed by atoms with Crippen LogP contribution in [0.25, 0.3) is 0 Å². The van der Waals surface area contributed by atoms with Crippen LogP contribution in [-0.4, -0.2) is 20.6 Å². The van der Waals surface area contributed by atoms with Crippen molar-refractivity contribution in [1.29, 1.82) is 0 Å². The molecule has 1 aromatic rings. The third kappa shape index (κ3) is 2.69. The lowest BCUT2D eigenvalue weighted by atomic mass is 10.2. The first-order valence-corrected chi connectivity index (χ1v) is 5.47. The number of aliphatic hydroxyl groups excluding tert-OH is 1. The van der Waals surface area contributed by atoms with E-state index in [1.165, 1.54) is 7.05 Å². The van der Waals surface area contributed by atoms with Gasteiger partial charge in [0.1, 0.15) is 0 Å². The Bertz CT molecular complexity index is 403. The Morgan fingerprint density at radius 1 is 1.36 bits per heavy atom. The van der Waals surface area contributed by atoms with Crippen molar-refractivity contribution in [1.82, 2.24) is 4.72 Å². The molecule has 1 rings (SSSR count). The van der Waals surface area contributed by atoms with Crippen LogP contribution in [0.2, 0.25) is 0 Å². The minimum atomic E-state index is -3.52. The second-order valence-electron chi connectivity index (χ2n) is 2.62.